The number of carbonyl (C=O) groups is 2. The van der Waals surface area contributed by atoms with Gasteiger partial charge in [-0.3, -0.25) is 14.4 Å². The standard InChI is InChI=1S/C33H27ClF5N9O6/c1-3-21-25(45-9-11-46(12-10-45)29(51)24-26(50)16(2)40-15-41-24)30(52)48-31(43-28(44-48)18-5-4-6-22-27(18)54-33(38,39)53-22)47(21)14-23(49)42-20-8-7-17(13-19(20)34)32(35,36)37/h4-8,13,15,50H,3,9-12,14H2,1-2H3,(H,42,49). The highest BCUT2D eigenvalue weighted by atomic mass is 35.5. The van der Waals surface area contributed by atoms with E-state index in [-0.39, 0.29) is 94.8 Å². The number of halogens is 6. The number of aromatic nitrogens is 6. The van der Waals surface area contributed by atoms with Crippen LogP contribution in [0.4, 0.5) is 33.3 Å². The summed E-state index contributed by atoms with van der Waals surface area (Å²) in [6.07, 6.45) is -7.34. The number of hydrogen-bond donors (Lipinski definition) is 2. The summed E-state index contributed by atoms with van der Waals surface area (Å²) in [6, 6.07) is 6.44. The van der Waals surface area contributed by atoms with Crippen LogP contribution in [-0.2, 0) is 23.9 Å². The van der Waals surface area contributed by atoms with Gasteiger partial charge in [-0.2, -0.15) is 22.7 Å². The van der Waals surface area contributed by atoms with E-state index < -0.39 is 42.0 Å². The van der Waals surface area contributed by atoms with Crippen LogP contribution in [0, 0.1) is 6.92 Å². The monoisotopic (exact) mass is 775 g/mol. The van der Waals surface area contributed by atoms with Gasteiger partial charge >= 0.3 is 12.5 Å². The predicted molar refractivity (Wildman–Crippen MR) is 180 cm³/mol. The highest BCUT2D eigenvalue weighted by Crippen LogP contribution is 2.46. The number of fused-ring (bicyclic) bond motifs is 2. The third-order valence-corrected chi connectivity index (χ3v) is 9.11. The summed E-state index contributed by atoms with van der Waals surface area (Å²) in [6.45, 7) is 3.11. The maximum atomic E-state index is 14.3. The second-order valence-electron chi connectivity index (χ2n) is 12.2. The smallest absolute Gasteiger partial charge is 0.504 e. The first-order valence-electron chi connectivity index (χ1n) is 16.2. The van der Waals surface area contributed by atoms with Gasteiger partial charge in [0.05, 0.1) is 33.2 Å². The fraction of sp³-hybridized carbons (Fsp3) is 0.303. The molecule has 15 nitrogen and oxygen atoms in total. The summed E-state index contributed by atoms with van der Waals surface area (Å²) in [7, 11) is 0. The molecule has 7 rings (SSSR count). The van der Waals surface area contributed by atoms with Crippen LogP contribution in [-0.4, -0.2) is 83.4 Å². The van der Waals surface area contributed by atoms with Gasteiger partial charge in [-0.15, -0.1) is 13.9 Å². The fourth-order valence-corrected chi connectivity index (χ4v) is 6.45. The lowest BCUT2D eigenvalue weighted by molar-refractivity contribution is -0.286. The van der Waals surface area contributed by atoms with Crippen LogP contribution in [0.5, 0.6) is 17.2 Å². The van der Waals surface area contributed by atoms with Gasteiger partial charge in [0.2, 0.25) is 11.7 Å². The quantitative estimate of drug-likeness (QED) is 0.223. The Kier molecular flexibility index (Phi) is 9.02. The lowest BCUT2D eigenvalue weighted by Gasteiger charge is -2.36. The largest absolute Gasteiger partial charge is 0.586 e. The number of carbonyl (C=O) groups excluding carboxylic acids is 2. The first-order valence-corrected chi connectivity index (χ1v) is 16.6. The SMILES string of the molecule is CCc1c(N2CCN(C(=O)c3ncnc(C)c3O)CC2)c(=O)n2nc(-c3cccc4c3OC(F)(F)O4)nc2n1CC(=O)Nc1ccc(C(F)(F)F)cc1Cl. The average molecular weight is 776 g/mol. The van der Waals surface area contributed by atoms with E-state index in [0.717, 1.165) is 23.0 Å². The van der Waals surface area contributed by atoms with E-state index in [0.29, 0.717) is 11.8 Å². The van der Waals surface area contributed by atoms with Crippen LogP contribution in [0.2, 0.25) is 5.02 Å². The van der Waals surface area contributed by atoms with Crippen LogP contribution in [0.1, 0.15) is 34.4 Å². The number of benzene rings is 2. The molecule has 0 radical (unpaired) electrons. The molecule has 3 aromatic heterocycles. The van der Waals surface area contributed by atoms with Crippen molar-refractivity contribution in [1.29, 1.82) is 0 Å². The number of amides is 2. The van der Waals surface area contributed by atoms with E-state index in [1.54, 1.807) is 11.8 Å². The molecule has 1 saturated heterocycles. The molecule has 0 aliphatic carbocycles. The molecule has 2 N–H and O–H groups in total. The molecule has 0 unspecified atom stereocenters. The zero-order valence-electron chi connectivity index (χ0n) is 28.1. The van der Waals surface area contributed by atoms with Crippen molar-refractivity contribution >= 4 is 40.6 Å². The fourth-order valence-electron chi connectivity index (χ4n) is 6.22. The number of anilines is 2. The second-order valence-corrected chi connectivity index (χ2v) is 12.6. The van der Waals surface area contributed by atoms with Crippen molar-refractivity contribution in [3.8, 4) is 28.6 Å². The Labute approximate surface area is 305 Å². The maximum absolute atomic E-state index is 14.3. The van der Waals surface area contributed by atoms with Crippen LogP contribution >= 0.6 is 11.6 Å². The molecule has 2 aromatic carbocycles. The Hall–Kier alpha value is -6.05. The van der Waals surface area contributed by atoms with Crippen LogP contribution in [0.25, 0.3) is 17.2 Å². The third-order valence-electron chi connectivity index (χ3n) is 8.79. The van der Waals surface area contributed by atoms with Gasteiger partial charge in [-0.25, -0.2) is 9.97 Å². The minimum Gasteiger partial charge on any atom is -0.504 e. The Morgan fingerprint density at radius 2 is 1.81 bits per heavy atom. The van der Waals surface area contributed by atoms with Crippen LogP contribution < -0.4 is 25.2 Å². The molecule has 5 aromatic rings. The van der Waals surface area contributed by atoms with Gasteiger partial charge in [0.25, 0.3) is 11.5 Å². The molecule has 0 saturated carbocycles. The topological polar surface area (TPSA) is 169 Å². The molecule has 282 valence electrons. The van der Waals surface area contributed by atoms with Crippen LogP contribution in [0.3, 0.4) is 0 Å². The maximum Gasteiger partial charge on any atom is 0.586 e. The third kappa shape index (κ3) is 6.56. The van der Waals surface area contributed by atoms with E-state index >= 15 is 0 Å². The Morgan fingerprint density at radius 1 is 1.07 bits per heavy atom. The Bertz CT molecular complexity index is 2400. The molecular formula is C33H27ClF5N9O6. The van der Waals surface area contributed by atoms with E-state index in [2.05, 4.69) is 30.1 Å². The average Bonchev–Trinajstić information content (AvgIpc) is 3.71. The Morgan fingerprint density at radius 3 is 2.50 bits per heavy atom. The van der Waals surface area contributed by atoms with Crippen molar-refractivity contribution in [2.45, 2.75) is 39.3 Å². The lowest BCUT2D eigenvalue weighted by Crippen LogP contribution is -2.51. The van der Waals surface area contributed by atoms with Crippen molar-refractivity contribution in [2.75, 3.05) is 36.4 Å². The van der Waals surface area contributed by atoms with Crippen molar-refractivity contribution in [2.24, 2.45) is 0 Å². The highest BCUT2D eigenvalue weighted by molar-refractivity contribution is 6.33. The summed E-state index contributed by atoms with van der Waals surface area (Å²) in [5.74, 6) is -2.74. The van der Waals surface area contributed by atoms with Gasteiger partial charge in [0.1, 0.15) is 18.6 Å². The van der Waals surface area contributed by atoms with Crippen molar-refractivity contribution in [3.05, 3.63) is 80.7 Å². The molecule has 0 atom stereocenters. The number of para-hydroxylation sites is 1. The summed E-state index contributed by atoms with van der Waals surface area (Å²) < 4.78 is 79.3. The van der Waals surface area contributed by atoms with Gasteiger partial charge in [0.15, 0.2) is 28.8 Å². The summed E-state index contributed by atoms with van der Waals surface area (Å²) >= 11 is 6.09. The zero-order chi connectivity index (χ0) is 38.7. The second kappa shape index (κ2) is 13.4. The first kappa shape index (κ1) is 36.3. The number of nitrogens with zero attached hydrogens (tertiary/aromatic N) is 8. The predicted octanol–water partition coefficient (Wildman–Crippen LogP) is 4.52. The minimum atomic E-state index is -4.67. The molecular weight excluding hydrogens is 749 g/mol. The summed E-state index contributed by atoms with van der Waals surface area (Å²) in [5, 5.41) is 16.8. The lowest BCUT2D eigenvalue weighted by atomic mass is 10.2. The molecule has 54 heavy (non-hydrogen) atoms. The van der Waals surface area contributed by atoms with Gasteiger partial charge in [-0.05, 0) is 43.7 Å². The van der Waals surface area contributed by atoms with Gasteiger partial charge in [-0.1, -0.05) is 24.6 Å². The van der Waals surface area contributed by atoms with Crippen molar-refractivity contribution in [3.63, 3.8) is 0 Å². The molecule has 21 heteroatoms. The molecule has 5 heterocycles. The minimum absolute atomic E-state index is 0.0461. The normalized spacial score (nSPS) is 15.2. The van der Waals surface area contributed by atoms with E-state index in [1.807, 2.05) is 0 Å². The number of nitrogens with one attached hydrogen (secondary N) is 1. The summed E-state index contributed by atoms with van der Waals surface area (Å²) in [5.41, 5.74) is -1.42. The van der Waals surface area contributed by atoms with Gasteiger partial charge < -0.3 is 34.3 Å². The van der Waals surface area contributed by atoms with Crippen molar-refractivity contribution < 1.29 is 46.1 Å². The number of aryl methyl sites for hydroxylation is 1. The number of alkyl halides is 5. The summed E-state index contributed by atoms with van der Waals surface area (Å²) in [4.78, 5) is 56.5. The Balaban J connectivity index is 1.28. The molecule has 1 fully saturated rings. The van der Waals surface area contributed by atoms with E-state index in [1.165, 1.54) is 34.6 Å². The number of rotatable bonds is 7. The van der Waals surface area contributed by atoms with E-state index in [9.17, 15) is 41.4 Å². The highest BCUT2D eigenvalue weighted by Gasteiger charge is 2.45. The number of ether oxygens (including phenoxy) is 2. The number of hydrogen-bond acceptors (Lipinski definition) is 11. The number of aromatic hydroxyl groups is 1. The number of piperazine rings is 1. The molecule has 2 aliphatic rings. The van der Waals surface area contributed by atoms with Crippen LogP contribution in [0.15, 0.2) is 47.5 Å². The van der Waals surface area contributed by atoms with E-state index in [4.69, 9.17) is 16.3 Å². The molecule has 0 bridgehead atoms. The molecule has 2 aliphatic heterocycles. The zero-order valence-corrected chi connectivity index (χ0v) is 28.9. The first-order chi connectivity index (χ1) is 25.6. The van der Waals surface area contributed by atoms with Crippen molar-refractivity contribution in [1.82, 2.24) is 34.0 Å². The molecule has 2 amide bonds. The van der Waals surface area contributed by atoms with Gasteiger partial charge in [0, 0.05) is 26.2 Å². The molecule has 0 spiro atoms.